The normalized spacial score (nSPS) is 13.3. The van der Waals surface area contributed by atoms with Gasteiger partial charge in [0, 0.05) is 25.2 Å². The van der Waals surface area contributed by atoms with E-state index in [0.29, 0.717) is 12.1 Å². The van der Waals surface area contributed by atoms with E-state index in [2.05, 4.69) is 110 Å². The molecule has 0 saturated heterocycles. The van der Waals surface area contributed by atoms with Crippen LogP contribution in [0.3, 0.4) is 0 Å². The molecule has 0 heterocycles. The summed E-state index contributed by atoms with van der Waals surface area (Å²) in [5, 5.41) is 7.26. The van der Waals surface area contributed by atoms with E-state index in [-0.39, 0.29) is 0 Å². The van der Waals surface area contributed by atoms with Crippen LogP contribution in [-0.2, 0) is 13.1 Å². The number of hydrogen-bond acceptors (Lipinski definition) is 2. The summed E-state index contributed by atoms with van der Waals surface area (Å²) in [6.07, 6.45) is 0. The van der Waals surface area contributed by atoms with E-state index in [9.17, 15) is 0 Å². The number of nitrogens with one attached hydrogen (secondary N) is 2. The van der Waals surface area contributed by atoms with Gasteiger partial charge in [0.2, 0.25) is 0 Å². The van der Waals surface area contributed by atoms with E-state index in [1.54, 1.807) is 0 Å². The first-order valence-corrected chi connectivity index (χ1v) is 9.78. The predicted molar refractivity (Wildman–Crippen MR) is 115 cm³/mol. The Morgan fingerprint density at radius 2 is 1.19 bits per heavy atom. The highest BCUT2D eigenvalue weighted by Crippen LogP contribution is 2.22. The molecule has 3 rings (SSSR count). The number of benzene rings is 3. The first-order valence-electron chi connectivity index (χ1n) is 9.78. The van der Waals surface area contributed by atoms with Crippen LogP contribution in [0.5, 0.6) is 0 Å². The second-order valence-corrected chi connectivity index (χ2v) is 7.29. The van der Waals surface area contributed by atoms with Gasteiger partial charge >= 0.3 is 0 Å². The van der Waals surface area contributed by atoms with Crippen molar-refractivity contribution in [2.45, 2.75) is 45.9 Å². The zero-order valence-electron chi connectivity index (χ0n) is 16.6. The molecule has 2 heteroatoms. The van der Waals surface area contributed by atoms with Gasteiger partial charge in [-0.25, -0.2) is 0 Å². The summed E-state index contributed by atoms with van der Waals surface area (Å²) in [5.74, 6) is 0. The minimum atomic E-state index is 0.325. The lowest BCUT2D eigenvalue weighted by molar-refractivity contribution is 0.564. The van der Waals surface area contributed by atoms with Gasteiger partial charge in [0.1, 0.15) is 0 Å². The highest BCUT2D eigenvalue weighted by Gasteiger charge is 2.11. The fraction of sp³-hybridized carbons (Fsp3) is 0.280. The molecule has 0 amide bonds. The summed E-state index contributed by atoms with van der Waals surface area (Å²) in [6, 6.07) is 28.6. The van der Waals surface area contributed by atoms with Gasteiger partial charge in [-0.1, -0.05) is 78.9 Å². The van der Waals surface area contributed by atoms with Gasteiger partial charge in [0.25, 0.3) is 0 Å². The Bertz CT molecular complexity index is 827. The first kappa shape index (κ1) is 19.3. The molecule has 27 heavy (non-hydrogen) atoms. The van der Waals surface area contributed by atoms with Crippen molar-refractivity contribution in [3.05, 3.63) is 107 Å². The van der Waals surface area contributed by atoms with Crippen LogP contribution in [-0.4, -0.2) is 0 Å². The van der Waals surface area contributed by atoms with Crippen LogP contribution in [0.4, 0.5) is 0 Å². The molecular formula is C25H30N2. The second kappa shape index (κ2) is 9.50. The minimum Gasteiger partial charge on any atom is -0.306 e. The molecule has 0 aromatic heterocycles. The summed E-state index contributed by atoms with van der Waals surface area (Å²) in [5.41, 5.74) is 6.68. The van der Waals surface area contributed by atoms with E-state index < -0.39 is 0 Å². The molecule has 3 aromatic carbocycles. The van der Waals surface area contributed by atoms with Crippen LogP contribution in [0, 0.1) is 6.92 Å². The molecule has 0 spiro atoms. The van der Waals surface area contributed by atoms with E-state index in [4.69, 9.17) is 0 Å². The summed E-state index contributed by atoms with van der Waals surface area (Å²) in [4.78, 5) is 0. The predicted octanol–water partition coefficient (Wildman–Crippen LogP) is 5.70. The average Bonchev–Trinajstić information content (AvgIpc) is 2.71. The van der Waals surface area contributed by atoms with Crippen molar-refractivity contribution in [3.8, 4) is 0 Å². The summed E-state index contributed by atoms with van der Waals surface area (Å²) in [7, 11) is 0. The quantitative estimate of drug-likeness (QED) is 0.540. The molecule has 140 valence electrons. The summed E-state index contributed by atoms with van der Waals surface area (Å²) in [6.45, 7) is 8.45. The fourth-order valence-electron chi connectivity index (χ4n) is 3.42. The van der Waals surface area contributed by atoms with Gasteiger partial charge in [-0.05, 0) is 48.6 Å². The van der Waals surface area contributed by atoms with E-state index in [0.717, 1.165) is 13.1 Å². The van der Waals surface area contributed by atoms with Gasteiger partial charge in [0.05, 0.1) is 0 Å². The molecule has 3 aromatic rings. The molecule has 2 atom stereocenters. The third-order valence-corrected chi connectivity index (χ3v) is 5.17. The third kappa shape index (κ3) is 5.53. The fourth-order valence-corrected chi connectivity index (χ4v) is 3.42. The van der Waals surface area contributed by atoms with E-state index >= 15 is 0 Å². The zero-order valence-corrected chi connectivity index (χ0v) is 16.6. The maximum Gasteiger partial charge on any atom is 0.0297 e. The molecule has 0 aliphatic rings. The van der Waals surface area contributed by atoms with Gasteiger partial charge in [0.15, 0.2) is 0 Å². The molecule has 0 fully saturated rings. The number of aryl methyl sites for hydroxylation is 1. The lowest BCUT2D eigenvalue weighted by Crippen LogP contribution is -2.20. The van der Waals surface area contributed by atoms with Crippen molar-refractivity contribution >= 4 is 0 Å². The SMILES string of the molecule is Cc1cc(C(C)NCc2ccccc2)ccc1C(C)NCc1ccccc1. The Balaban J connectivity index is 1.59. The lowest BCUT2D eigenvalue weighted by atomic mass is 9.97. The largest absolute Gasteiger partial charge is 0.306 e. The Hall–Kier alpha value is -2.42. The van der Waals surface area contributed by atoms with E-state index in [1.165, 1.54) is 27.8 Å². The lowest BCUT2D eigenvalue weighted by Gasteiger charge is -2.20. The average molecular weight is 359 g/mol. The maximum atomic E-state index is 3.64. The molecule has 2 N–H and O–H groups in total. The van der Waals surface area contributed by atoms with Crippen LogP contribution < -0.4 is 10.6 Å². The highest BCUT2D eigenvalue weighted by atomic mass is 14.9. The Morgan fingerprint density at radius 1 is 0.667 bits per heavy atom. The molecule has 0 saturated carbocycles. The van der Waals surface area contributed by atoms with Crippen molar-refractivity contribution in [2.24, 2.45) is 0 Å². The number of hydrogen-bond donors (Lipinski definition) is 2. The molecule has 0 aliphatic heterocycles. The molecular weight excluding hydrogens is 328 g/mol. The van der Waals surface area contributed by atoms with Crippen LogP contribution in [0.1, 0.15) is 53.7 Å². The Morgan fingerprint density at radius 3 is 1.70 bits per heavy atom. The molecule has 0 bridgehead atoms. The van der Waals surface area contributed by atoms with Crippen LogP contribution >= 0.6 is 0 Å². The summed E-state index contributed by atoms with van der Waals surface area (Å²) < 4.78 is 0. The molecule has 2 unspecified atom stereocenters. The van der Waals surface area contributed by atoms with Crippen molar-refractivity contribution in [1.29, 1.82) is 0 Å². The van der Waals surface area contributed by atoms with Crippen molar-refractivity contribution < 1.29 is 0 Å². The van der Waals surface area contributed by atoms with Gasteiger partial charge in [-0.2, -0.15) is 0 Å². The van der Waals surface area contributed by atoms with Crippen LogP contribution in [0.25, 0.3) is 0 Å². The van der Waals surface area contributed by atoms with Gasteiger partial charge < -0.3 is 10.6 Å². The Labute approximate surface area is 163 Å². The monoisotopic (exact) mass is 358 g/mol. The minimum absolute atomic E-state index is 0.325. The van der Waals surface area contributed by atoms with Crippen molar-refractivity contribution in [1.82, 2.24) is 10.6 Å². The van der Waals surface area contributed by atoms with Gasteiger partial charge in [-0.3, -0.25) is 0 Å². The van der Waals surface area contributed by atoms with Crippen LogP contribution in [0.2, 0.25) is 0 Å². The third-order valence-electron chi connectivity index (χ3n) is 5.17. The number of rotatable bonds is 8. The maximum absolute atomic E-state index is 3.64. The molecule has 0 aliphatic carbocycles. The van der Waals surface area contributed by atoms with Crippen LogP contribution in [0.15, 0.2) is 78.9 Å². The summed E-state index contributed by atoms with van der Waals surface area (Å²) >= 11 is 0. The van der Waals surface area contributed by atoms with Gasteiger partial charge in [-0.15, -0.1) is 0 Å². The Kier molecular flexibility index (Phi) is 6.80. The van der Waals surface area contributed by atoms with E-state index in [1.807, 2.05) is 0 Å². The topological polar surface area (TPSA) is 24.1 Å². The zero-order chi connectivity index (χ0) is 19.1. The molecule has 2 nitrogen and oxygen atoms in total. The van der Waals surface area contributed by atoms with Crippen molar-refractivity contribution in [3.63, 3.8) is 0 Å². The first-order chi connectivity index (χ1) is 13.1. The van der Waals surface area contributed by atoms with Crippen molar-refractivity contribution in [2.75, 3.05) is 0 Å². The highest BCUT2D eigenvalue weighted by molar-refractivity contribution is 5.34. The second-order valence-electron chi connectivity index (χ2n) is 7.29. The molecule has 0 radical (unpaired) electrons. The standard InChI is InChI=1S/C25H30N2/c1-19-16-24(20(2)26-17-22-10-6-4-7-11-22)14-15-25(19)21(3)27-18-23-12-8-5-9-13-23/h4-16,20-21,26-27H,17-18H2,1-3H3. The smallest absolute Gasteiger partial charge is 0.0297 e.